The molecular formula is C13H22N6. The first-order valence-corrected chi connectivity index (χ1v) is 6.56. The topological polar surface area (TPSA) is 58.4 Å². The molecule has 19 heavy (non-hydrogen) atoms. The van der Waals surface area contributed by atoms with E-state index in [4.69, 9.17) is 0 Å². The molecular weight excluding hydrogens is 240 g/mol. The molecule has 2 heterocycles. The van der Waals surface area contributed by atoms with Crippen LogP contribution in [0.25, 0.3) is 5.78 Å². The SMILES string of the molecule is Cc1cc(NC(CN(C)C)C(C)C)n2ncnc2n1. The minimum atomic E-state index is 0.351. The lowest BCUT2D eigenvalue weighted by molar-refractivity contribution is 0.344. The normalized spacial score (nSPS) is 13.4. The molecule has 0 bridgehead atoms. The van der Waals surface area contributed by atoms with Crippen LogP contribution in [0.5, 0.6) is 0 Å². The van der Waals surface area contributed by atoms with Gasteiger partial charge in [0, 0.05) is 24.3 Å². The highest BCUT2D eigenvalue weighted by Crippen LogP contribution is 2.15. The van der Waals surface area contributed by atoms with Crippen LogP contribution >= 0.6 is 0 Å². The van der Waals surface area contributed by atoms with Crippen LogP contribution in [-0.4, -0.2) is 51.2 Å². The van der Waals surface area contributed by atoms with Crippen molar-refractivity contribution in [1.82, 2.24) is 24.5 Å². The first-order valence-electron chi connectivity index (χ1n) is 6.56. The smallest absolute Gasteiger partial charge is 0.254 e. The summed E-state index contributed by atoms with van der Waals surface area (Å²) < 4.78 is 1.75. The summed E-state index contributed by atoms with van der Waals surface area (Å²) in [7, 11) is 4.17. The summed E-state index contributed by atoms with van der Waals surface area (Å²) in [6, 6.07) is 2.36. The van der Waals surface area contributed by atoms with Crippen molar-refractivity contribution in [1.29, 1.82) is 0 Å². The quantitative estimate of drug-likeness (QED) is 0.883. The fourth-order valence-corrected chi connectivity index (χ4v) is 2.04. The standard InChI is InChI=1S/C13H22N6/c1-9(2)11(7-18(4)5)17-12-6-10(3)16-13-14-8-15-19(12)13/h6,8-9,11,17H,7H2,1-5H3. The Kier molecular flexibility index (Phi) is 3.99. The Balaban J connectivity index is 2.30. The molecule has 1 unspecified atom stereocenters. The lowest BCUT2D eigenvalue weighted by Crippen LogP contribution is -2.37. The Labute approximate surface area is 113 Å². The summed E-state index contributed by atoms with van der Waals surface area (Å²) >= 11 is 0. The number of likely N-dealkylation sites (N-methyl/N-ethyl adjacent to an activating group) is 1. The minimum absolute atomic E-state index is 0.351. The second-order valence-corrected chi connectivity index (χ2v) is 5.51. The minimum Gasteiger partial charge on any atom is -0.366 e. The van der Waals surface area contributed by atoms with Crippen molar-refractivity contribution >= 4 is 11.6 Å². The number of fused-ring (bicyclic) bond motifs is 1. The molecule has 0 spiro atoms. The van der Waals surface area contributed by atoms with Gasteiger partial charge in [0.05, 0.1) is 0 Å². The van der Waals surface area contributed by atoms with Crippen LogP contribution in [0, 0.1) is 12.8 Å². The van der Waals surface area contributed by atoms with Crippen molar-refractivity contribution in [3.8, 4) is 0 Å². The van der Waals surface area contributed by atoms with Crippen molar-refractivity contribution in [3.63, 3.8) is 0 Å². The van der Waals surface area contributed by atoms with Gasteiger partial charge in [-0.05, 0) is 26.9 Å². The molecule has 2 aromatic heterocycles. The molecule has 0 aliphatic carbocycles. The number of rotatable bonds is 5. The number of hydrogen-bond acceptors (Lipinski definition) is 5. The Morgan fingerprint density at radius 3 is 2.74 bits per heavy atom. The van der Waals surface area contributed by atoms with Gasteiger partial charge < -0.3 is 10.2 Å². The molecule has 1 atom stereocenters. The molecule has 2 rings (SSSR count). The first kappa shape index (κ1) is 13.7. The highest BCUT2D eigenvalue weighted by molar-refractivity contribution is 5.45. The van der Waals surface area contributed by atoms with Crippen LogP contribution < -0.4 is 5.32 Å². The lowest BCUT2D eigenvalue weighted by Gasteiger charge is -2.26. The van der Waals surface area contributed by atoms with Crippen LogP contribution in [0.1, 0.15) is 19.5 Å². The van der Waals surface area contributed by atoms with E-state index >= 15 is 0 Å². The number of anilines is 1. The maximum atomic E-state index is 4.35. The van der Waals surface area contributed by atoms with Crippen molar-refractivity contribution in [2.24, 2.45) is 5.92 Å². The van der Waals surface area contributed by atoms with E-state index in [9.17, 15) is 0 Å². The van der Waals surface area contributed by atoms with E-state index in [1.54, 1.807) is 4.52 Å². The number of aromatic nitrogens is 4. The van der Waals surface area contributed by atoms with Crippen LogP contribution in [0.15, 0.2) is 12.4 Å². The fraction of sp³-hybridized carbons (Fsp3) is 0.615. The zero-order valence-corrected chi connectivity index (χ0v) is 12.3. The zero-order valence-electron chi connectivity index (χ0n) is 12.3. The van der Waals surface area contributed by atoms with E-state index in [0.29, 0.717) is 17.7 Å². The average molecular weight is 262 g/mol. The number of hydrogen-bond donors (Lipinski definition) is 1. The predicted octanol–water partition coefficient (Wildman–Crippen LogP) is 1.43. The molecule has 0 saturated carbocycles. The molecule has 0 amide bonds. The summed E-state index contributed by atoms with van der Waals surface area (Å²) in [5.74, 6) is 2.10. The van der Waals surface area contributed by atoms with Gasteiger partial charge in [0.1, 0.15) is 12.1 Å². The van der Waals surface area contributed by atoms with E-state index < -0.39 is 0 Å². The first-order chi connectivity index (χ1) is 8.97. The Morgan fingerprint density at radius 2 is 2.11 bits per heavy atom. The largest absolute Gasteiger partial charge is 0.366 e. The molecule has 104 valence electrons. The van der Waals surface area contributed by atoms with Crippen molar-refractivity contribution in [2.75, 3.05) is 26.0 Å². The summed E-state index contributed by atoms with van der Waals surface area (Å²) in [5.41, 5.74) is 0.940. The zero-order chi connectivity index (χ0) is 14.0. The molecule has 6 nitrogen and oxygen atoms in total. The van der Waals surface area contributed by atoms with E-state index in [1.807, 2.05) is 13.0 Å². The van der Waals surface area contributed by atoms with Crippen LogP contribution in [-0.2, 0) is 0 Å². The average Bonchev–Trinajstić information content (AvgIpc) is 2.75. The fourth-order valence-electron chi connectivity index (χ4n) is 2.04. The van der Waals surface area contributed by atoms with Gasteiger partial charge in [-0.3, -0.25) is 0 Å². The van der Waals surface area contributed by atoms with Crippen LogP contribution in [0.3, 0.4) is 0 Å². The Morgan fingerprint density at radius 1 is 1.37 bits per heavy atom. The molecule has 0 fully saturated rings. The van der Waals surface area contributed by atoms with Gasteiger partial charge in [0.2, 0.25) is 0 Å². The maximum Gasteiger partial charge on any atom is 0.254 e. The summed E-state index contributed by atoms with van der Waals surface area (Å²) in [6.07, 6.45) is 1.53. The molecule has 0 radical (unpaired) electrons. The monoisotopic (exact) mass is 262 g/mol. The van der Waals surface area contributed by atoms with Crippen molar-refractivity contribution in [2.45, 2.75) is 26.8 Å². The summed E-state index contributed by atoms with van der Waals surface area (Å²) in [6.45, 7) is 7.37. The molecule has 0 saturated heterocycles. The van der Waals surface area contributed by atoms with E-state index in [1.165, 1.54) is 6.33 Å². The third-order valence-corrected chi connectivity index (χ3v) is 3.08. The molecule has 0 aliphatic heterocycles. The van der Waals surface area contributed by atoms with Gasteiger partial charge in [-0.1, -0.05) is 13.8 Å². The predicted molar refractivity (Wildman–Crippen MR) is 76.3 cm³/mol. The van der Waals surface area contributed by atoms with E-state index in [0.717, 1.165) is 18.1 Å². The molecule has 2 aromatic rings. The molecule has 0 aliphatic rings. The maximum absolute atomic E-state index is 4.35. The number of nitrogens with zero attached hydrogens (tertiary/aromatic N) is 5. The number of nitrogens with one attached hydrogen (secondary N) is 1. The van der Waals surface area contributed by atoms with Gasteiger partial charge in [0.25, 0.3) is 5.78 Å². The summed E-state index contributed by atoms with van der Waals surface area (Å²) in [4.78, 5) is 10.7. The third kappa shape index (κ3) is 3.20. The second kappa shape index (κ2) is 5.52. The Hall–Kier alpha value is -1.69. The highest BCUT2D eigenvalue weighted by atomic mass is 15.4. The third-order valence-electron chi connectivity index (χ3n) is 3.08. The van der Waals surface area contributed by atoms with Gasteiger partial charge in [0.15, 0.2) is 0 Å². The van der Waals surface area contributed by atoms with Gasteiger partial charge in [-0.25, -0.2) is 4.98 Å². The Bertz CT molecular complexity index is 545. The van der Waals surface area contributed by atoms with E-state index in [2.05, 4.69) is 53.2 Å². The molecule has 1 N–H and O–H groups in total. The van der Waals surface area contributed by atoms with Gasteiger partial charge in [-0.2, -0.15) is 14.6 Å². The van der Waals surface area contributed by atoms with Gasteiger partial charge in [-0.15, -0.1) is 0 Å². The molecule has 0 aromatic carbocycles. The van der Waals surface area contributed by atoms with Gasteiger partial charge >= 0.3 is 0 Å². The summed E-state index contributed by atoms with van der Waals surface area (Å²) in [5, 5.41) is 7.78. The van der Waals surface area contributed by atoms with Crippen LogP contribution in [0.4, 0.5) is 5.82 Å². The number of aryl methyl sites for hydroxylation is 1. The highest BCUT2D eigenvalue weighted by Gasteiger charge is 2.16. The van der Waals surface area contributed by atoms with Crippen molar-refractivity contribution < 1.29 is 0 Å². The van der Waals surface area contributed by atoms with E-state index in [-0.39, 0.29) is 0 Å². The lowest BCUT2D eigenvalue weighted by atomic mass is 10.0. The molecule has 6 heteroatoms. The second-order valence-electron chi connectivity index (χ2n) is 5.51. The van der Waals surface area contributed by atoms with Crippen LogP contribution in [0.2, 0.25) is 0 Å². The van der Waals surface area contributed by atoms with Crippen molar-refractivity contribution in [3.05, 3.63) is 18.1 Å².